The number of carbonyl (C=O) groups is 1. The SMILES string of the molecule is Cc1oc2c(c1C(=O)N[C@@H](C)c1ccccc1)C1=NC(C)(C)CN1C=N2. The first-order chi connectivity index (χ1) is 12.4. The summed E-state index contributed by atoms with van der Waals surface area (Å²) >= 11 is 0. The number of aliphatic imine (C=N–C) groups is 2. The first kappa shape index (κ1) is 16.6. The average molecular weight is 350 g/mol. The third kappa shape index (κ3) is 2.71. The van der Waals surface area contributed by atoms with Gasteiger partial charge in [-0.25, -0.2) is 4.99 Å². The van der Waals surface area contributed by atoms with Gasteiger partial charge in [0, 0.05) is 0 Å². The van der Waals surface area contributed by atoms with Crippen LogP contribution in [0, 0.1) is 6.92 Å². The molecule has 1 aromatic carbocycles. The number of amides is 1. The van der Waals surface area contributed by atoms with E-state index in [9.17, 15) is 4.79 Å². The number of nitrogens with zero attached hydrogens (tertiary/aromatic N) is 3. The lowest BCUT2D eigenvalue weighted by Gasteiger charge is -2.20. The van der Waals surface area contributed by atoms with Crippen molar-refractivity contribution in [2.75, 3.05) is 6.54 Å². The van der Waals surface area contributed by atoms with Crippen molar-refractivity contribution in [1.29, 1.82) is 0 Å². The van der Waals surface area contributed by atoms with Crippen LogP contribution in [-0.4, -0.2) is 35.1 Å². The number of aryl methyl sites for hydroxylation is 1. The van der Waals surface area contributed by atoms with Gasteiger partial charge in [0.15, 0.2) is 0 Å². The minimum atomic E-state index is -0.223. The maximum absolute atomic E-state index is 13.0. The molecule has 2 aromatic rings. The number of furan rings is 1. The number of hydrogen-bond donors (Lipinski definition) is 1. The van der Waals surface area contributed by atoms with E-state index in [1.807, 2.05) is 42.2 Å². The summed E-state index contributed by atoms with van der Waals surface area (Å²) in [5, 5.41) is 3.07. The molecular formula is C20H22N4O2. The number of carbonyl (C=O) groups excluding carboxylic acids is 1. The molecule has 2 aliphatic heterocycles. The van der Waals surface area contributed by atoms with Crippen molar-refractivity contribution in [3.05, 3.63) is 52.8 Å². The van der Waals surface area contributed by atoms with Crippen LogP contribution in [-0.2, 0) is 0 Å². The van der Waals surface area contributed by atoms with Gasteiger partial charge < -0.3 is 14.6 Å². The summed E-state index contributed by atoms with van der Waals surface area (Å²) in [6.45, 7) is 8.62. The molecule has 0 bridgehead atoms. The van der Waals surface area contributed by atoms with E-state index in [-0.39, 0.29) is 17.5 Å². The molecule has 0 aliphatic carbocycles. The Balaban J connectivity index is 1.70. The molecule has 1 aromatic heterocycles. The van der Waals surface area contributed by atoms with E-state index < -0.39 is 0 Å². The van der Waals surface area contributed by atoms with E-state index in [2.05, 4.69) is 24.2 Å². The maximum atomic E-state index is 13.0. The Morgan fingerprint density at radius 1 is 1.31 bits per heavy atom. The molecule has 1 amide bonds. The van der Waals surface area contributed by atoms with Crippen molar-refractivity contribution in [2.45, 2.75) is 39.3 Å². The number of fused-ring (bicyclic) bond motifs is 3. The molecule has 0 radical (unpaired) electrons. The lowest BCUT2D eigenvalue weighted by Crippen LogP contribution is -2.34. The monoisotopic (exact) mass is 350 g/mol. The fourth-order valence-corrected chi connectivity index (χ4v) is 3.49. The third-order valence-electron chi connectivity index (χ3n) is 4.72. The predicted octanol–water partition coefficient (Wildman–Crippen LogP) is 3.59. The van der Waals surface area contributed by atoms with E-state index in [0.717, 1.165) is 17.9 Å². The molecule has 0 unspecified atom stereocenters. The van der Waals surface area contributed by atoms with Gasteiger partial charge in [0.2, 0.25) is 5.88 Å². The highest BCUT2D eigenvalue weighted by molar-refractivity contribution is 6.17. The molecule has 2 aliphatic rings. The van der Waals surface area contributed by atoms with Gasteiger partial charge in [-0.3, -0.25) is 9.79 Å². The molecule has 0 fully saturated rings. The highest BCUT2D eigenvalue weighted by Gasteiger charge is 2.39. The molecular weight excluding hydrogens is 328 g/mol. The van der Waals surface area contributed by atoms with Gasteiger partial charge >= 0.3 is 0 Å². The maximum Gasteiger partial charge on any atom is 0.256 e. The summed E-state index contributed by atoms with van der Waals surface area (Å²) in [7, 11) is 0. The van der Waals surface area contributed by atoms with E-state index in [1.54, 1.807) is 13.3 Å². The highest BCUT2D eigenvalue weighted by Crippen LogP contribution is 2.37. The number of hydrogen-bond acceptors (Lipinski definition) is 5. The smallest absolute Gasteiger partial charge is 0.256 e. The first-order valence-electron chi connectivity index (χ1n) is 8.76. The molecule has 6 heteroatoms. The Hall–Kier alpha value is -2.89. The Labute approximate surface area is 152 Å². The molecule has 0 saturated carbocycles. The average Bonchev–Trinajstić information content (AvgIpc) is 3.10. The van der Waals surface area contributed by atoms with Crippen LogP contribution < -0.4 is 5.32 Å². The van der Waals surface area contributed by atoms with E-state index >= 15 is 0 Å². The normalized spacial score (nSPS) is 18.2. The van der Waals surface area contributed by atoms with Gasteiger partial charge in [-0.15, -0.1) is 0 Å². The van der Waals surface area contributed by atoms with Crippen molar-refractivity contribution in [1.82, 2.24) is 10.2 Å². The van der Waals surface area contributed by atoms with Crippen LogP contribution in [0.5, 0.6) is 0 Å². The van der Waals surface area contributed by atoms with Crippen molar-refractivity contribution in [3.63, 3.8) is 0 Å². The summed E-state index contributed by atoms with van der Waals surface area (Å²) in [5.74, 6) is 1.59. The van der Waals surface area contributed by atoms with E-state index in [4.69, 9.17) is 9.41 Å². The summed E-state index contributed by atoms with van der Waals surface area (Å²) in [6.07, 6.45) is 1.73. The Bertz CT molecular complexity index is 925. The van der Waals surface area contributed by atoms with Gasteiger partial charge in [-0.2, -0.15) is 0 Å². The van der Waals surface area contributed by atoms with Crippen LogP contribution >= 0.6 is 0 Å². The zero-order valence-corrected chi connectivity index (χ0v) is 15.4. The van der Waals surface area contributed by atoms with Crippen molar-refractivity contribution < 1.29 is 9.21 Å². The van der Waals surface area contributed by atoms with Gasteiger partial charge in [0.25, 0.3) is 5.91 Å². The zero-order valence-electron chi connectivity index (χ0n) is 15.4. The van der Waals surface area contributed by atoms with E-state index in [1.165, 1.54) is 0 Å². The van der Waals surface area contributed by atoms with Crippen molar-refractivity contribution in [3.8, 4) is 0 Å². The molecule has 3 heterocycles. The number of benzene rings is 1. The van der Waals surface area contributed by atoms with Crippen LogP contribution in [0.1, 0.15) is 54.1 Å². The van der Waals surface area contributed by atoms with Gasteiger partial charge in [0.05, 0.1) is 29.3 Å². The second-order valence-electron chi connectivity index (χ2n) is 7.44. The molecule has 1 N–H and O–H groups in total. The van der Waals surface area contributed by atoms with Crippen LogP contribution in [0.15, 0.2) is 44.7 Å². The summed E-state index contributed by atoms with van der Waals surface area (Å²) in [6, 6.07) is 9.77. The molecule has 0 saturated heterocycles. The molecule has 4 rings (SSSR count). The van der Waals surface area contributed by atoms with Gasteiger partial charge in [-0.1, -0.05) is 30.3 Å². The van der Waals surface area contributed by atoms with Crippen molar-refractivity contribution in [2.24, 2.45) is 9.98 Å². The predicted molar refractivity (Wildman–Crippen MR) is 101 cm³/mol. The number of amidine groups is 1. The molecule has 26 heavy (non-hydrogen) atoms. The Kier molecular flexibility index (Phi) is 3.72. The highest BCUT2D eigenvalue weighted by atomic mass is 16.4. The molecule has 1 atom stereocenters. The van der Waals surface area contributed by atoms with Gasteiger partial charge in [-0.05, 0) is 33.3 Å². The topological polar surface area (TPSA) is 70.2 Å². The summed E-state index contributed by atoms with van der Waals surface area (Å²) < 4.78 is 5.76. The molecule has 134 valence electrons. The largest absolute Gasteiger partial charge is 0.442 e. The second-order valence-corrected chi connectivity index (χ2v) is 7.44. The molecule has 6 nitrogen and oxygen atoms in total. The number of rotatable bonds is 3. The van der Waals surface area contributed by atoms with Crippen LogP contribution in [0.25, 0.3) is 0 Å². The standard InChI is InChI=1S/C20H22N4O2/c1-12(14-8-6-5-7-9-14)22-18(25)15-13(2)26-19-16(15)17-23-20(3,4)10-24(17)11-21-19/h5-9,11-12H,10H2,1-4H3,(H,22,25)/t12-/m0/s1. The van der Waals surface area contributed by atoms with Crippen LogP contribution in [0.4, 0.5) is 5.88 Å². The second kappa shape index (κ2) is 5.83. The van der Waals surface area contributed by atoms with E-state index in [0.29, 0.717) is 22.8 Å². The lowest BCUT2D eigenvalue weighted by molar-refractivity contribution is 0.0938. The molecule has 0 spiro atoms. The summed E-state index contributed by atoms with van der Waals surface area (Å²) in [5.41, 5.74) is 2.03. The fraction of sp³-hybridized carbons (Fsp3) is 0.350. The minimum absolute atomic E-state index is 0.112. The van der Waals surface area contributed by atoms with Crippen molar-refractivity contribution >= 4 is 24.0 Å². The number of nitrogens with one attached hydrogen (secondary N) is 1. The van der Waals surface area contributed by atoms with Crippen LogP contribution in [0.3, 0.4) is 0 Å². The lowest BCUT2D eigenvalue weighted by atomic mass is 10.1. The fourth-order valence-electron chi connectivity index (χ4n) is 3.49. The quantitative estimate of drug-likeness (QED) is 0.919. The Morgan fingerprint density at radius 3 is 2.77 bits per heavy atom. The minimum Gasteiger partial charge on any atom is -0.442 e. The zero-order chi connectivity index (χ0) is 18.5. The Morgan fingerprint density at radius 2 is 2.04 bits per heavy atom. The third-order valence-corrected chi connectivity index (χ3v) is 4.72. The van der Waals surface area contributed by atoms with Gasteiger partial charge in [0.1, 0.15) is 17.9 Å². The first-order valence-corrected chi connectivity index (χ1v) is 8.76. The summed E-state index contributed by atoms with van der Waals surface area (Å²) in [4.78, 5) is 24.2. The van der Waals surface area contributed by atoms with Crippen LogP contribution in [0.2, 0.25) is 0 Å².